The molecular weight excluding hydrogens is 332 g/mol. The van der Waals surface area contributed by atoms with Crippen LogP contribution in [0.15, 0.2) is 16.6 Å². The van der Waals surface area contributed by atoms with Crippen molar-refractivity contribution in [2.45, 2.75) is 25.4 Å². The molecule has 4 nitrogen and oxygen atoms in total. The van der Waals surface area contributed by atoms with Gasteiger partial charge < -0.3 is 15.2 Å². The molecule has 2 aliphatic heterocycles. The van der Waals surface area contributed by atoms with Gasteiger partial charge in [0, 0.05) is 30.1 Å². The molecule has 2 heterocycles. The molecule has 0 spiro atoms. The Balaban J connectivity index is 1.50. The van der Waals surface area contributed by atoms with Gasteiger partial charge in [0.1, 0.15) is 13.2 Å². The van der Waals surface area contributed by atoms with Crippen LogP contribution in [0.3, 0.4) is 0 Å². The van der Waals surface area contributed by atoms with Crippen molar-refractivity contribution in [1.29, 1.82) is 0 Å². The highest BCUT2D eigenvalue weighted by Crippen LogP contribution is 2.40. The Morgan fingerprint density at radius 2 is 1.90 bits per heavy atom. The molecule has 2 fully saturated rings. The average molecular weight is 353 g/mol. The first-order chi connectivity index (χ1) is 10.2. The first-order valence-electron chi connectivity index (χ1n) is 7.76. The van der Waals surface area contributed by atoms with Crippen LogP contribution in [0.5, 0.6) is 11.5 Å². The summed E-state index contributed by atoms with van der Waals surface area (Å²) in [6, 6.07) is 4.56. The van der Waals surface area contributed by atoms with Crippen LogP contribution in [0.1, 0.15) is 18.4 Å². The van der Waals surface area contributed by atoms with E-state index in [0.717, 1.165) is 35.0 Å². The lowest BCUT2D eigenvalue weighted by atomic mass is 9.98. The number of halogens is 1. The molecule has 0 radical (unpaired) electrons. The maximum Gasteiger partial charge on any atom is 0.162 e. The molecule has 1 aromatic rings. The number of rotatable bonds is 2. The highest BCUT2D eigenvalue weighted by atomic mass is 79.9. The van der Waals surface area contributed by atoms with Gasteiger partial charge in [-0.25, -0.2) is 0 Å². The van der Waals surface area contributed by atoms with Crippen molar-refractivity contribution in [2.75, 3.05) is 26.3 Å². The topological polar surface area (TPSA) is 47.7 Å². The van der Waals surface area contributed by atoms with E-state index in [4.69, 9.17) is 15.2 Å². The monoisotopic (exact) mass is 352 g/mol. The second kappa shape index (κ2) is 5.45. The summed E-state index contributed by atoms with van der Waals surface area (Å²) in [5.41, 5.74) is 7.50. The fourth-order valence-corrected chi connectivity index (χ4v) is 4.44. The molecule has 0 bridgehead atoms. The van der Waals surface area contributed by atoms with Crippen LogP contribution in [-0.2, 0) is 6.54 Å². The van der Waals surface area contributed by atoms with Gasteiger partial charge in [0.05, 0.1) is 0 Å². The maximum atomic E-state index is 6.22. The van der Waals surface area contributed by atoms with Crippen molar-refractivity contribution >= 4 is 15.9 Å². The first kappa shape index (κ1) is 13.9. The van der Waals surface area contributed by atoms with Crippen LogP contribution in [0.2, 0.25) is 0 Å². The van der Waals surface area contributed by atoms with Gasteiger partial charge in [0.2, 0.25) is 0 Å². The van der Waals surface area contributed by atoms with Gasteiger partial charge in [-0.15, -0.1) is 0 Å². The summed E-state index contributed by atoms with van der Waals surface area (Å²) >= 11 is 3.67. The van der Waals surface area contributed by atoms with Crippen LogP contribution in [0, 0.1) is 11.8 Å². The number of likely N-dealkylation sites (tertiary alicyclic amines) is 1. The van der Waals surface area contributed by atoms with E-state index in [1.165, 1.54) is 24.9 Å². The van der Waals surface area contributed by atoms with Gasteiger partial charge in [-0.1, -0.05) is 15.9 Å². The number of benzene rings is 1. The number of ether oxygens (including phenoxy) is 2. The molecule has 1 saturated carbocycles. The SMILES string of the molecule is NC1CCC2CN(Cc3cc4c(cc3Br)OCCO4)CC12. The molecular formula is C16H21BrN2O2. The molecule has 2 N–H and O–H groups in total. The van der Waals surface area contributed by atoms with Crippen molar-refractivity contribution in [3.8, 4) is 11.5 Å². The second-order valence-corrected chi connectivity index (χ2v) is 7.30. The minimum absolute atomic E-state index is 0.406. The van der Waals surface area contributed by atoms with E-state index in [-0.39, 0.29) is 0 Å². The fraction of sp³-hybridized carbons (Fsp3) is 0.625. The minimum atomic E-state index is 0.406. The standard InChI is InChI=1S/C16H21BrN2O2/c17-13-6-16-15(20-3-4-21-16)5-11(13)8-19-7-10-1-2-14(18)12(10)9-19/h5-6,10,12,14H,1-4,7-9,18H2. The van der Waals surface area contributed by atoms with E-state index >= 15 is 0 Å². The van der Waals surface area contributed by atoms with Crippen molar-refractivity contribution in [3.05, 3.63) is 22.2 Å². The summed E-state index contributed by atoms with van der Waals surface area (Å²) in [5.74, 6) is 3.21. The Labute approximate surface area is 133 Å². The molecule has 1 saturated heterocycles. The third-order valence-corrected chi connectivity index (χ3v) is 5.83. The first-order valence-corrected chi connectivity index (χ1v) is 8.56. The van der Waals surface area contributed by atoms with E-state index in [1.54, 1.807) is 0 Å². The highest BCUT2D eigenvalue weighted by molar-refractivity contribution is 9.10. The lowest BCUT2D eigenvalue weighted by Gasteiger charge is -2.22. The number of fused-ring (bicyclic) bond motifs is 2. The zero-order chi connectivity index (χ0) is 14.4. The van der Waals surface area contributed by atoms with Crippen molar-refractivity contribution in [3.63, 3.8) is 0 Å². The third-order valence-electron chi connectivity index (χ3n) is 5.09. The van der Waals surface area contributed by atoms with E-state index in [1.807, 2.05) is 6.07 Å². The number of hydrogen-bond donors (Lipinski definition) is 1. The Morgan fingerprint density at radius 1 is 1.14 bits per heavy atom. The lowest BCUT2D eigenvalue weighted by molar-refractivity contribution is 0.171. The third kappa shape index (κ3) is 2.56. The van der Waals surface area contributed by atoms with Crippen LogP contribution in [0.25, 0.3) is 0 Å². The van der Waals surface area contributed by atoms with E-state index in [9.17, 15) is 0 Å². The predicted molar refractivity (Wildman–Crippen MR) is 84.6 cm³/mol. The molecule has 0 aromatic heterocycles. The Hall–Kier alpha value is -0.780. The summed E-state index contributed by atoms with van der Waals surface area (Å²) in [5, 5.41) is 0. The lowest BCUT2D eigenvalue weighted by Crippen LogP contribution is -2.30. The zero-order valence-corrected chi connectivity index (χ0v) is 13.6. The largest absolute Gasteiger partial charge is 0.486 e. The van der Waals surface area contributed by atoms with Crippen LogP contribution < -0.4 is 15.2 Å². The van der Waals surface area contributed by atoms with Gasteiger partial charge in [0.15, 0.2) is 11.5 Å². The van der Waals surface area contributed by atoms with Crippen molar-refractivity contribution < 1.29 is 9.47 Å². The van der Waals surface area contributed by atoms with Gasteiger partial charge in [-0.3, -0.25) is 4.90 Å². The predicted octanol–water partition coefficient (Wildman–Crippen LogP) is 2.39. The molecule has 3 aliphatic rings. The number of nitrogens with zero attached hydrogens (tertiary/aromatic N) is 1. The smallest absolute Gasteiger partial charge is 0.162 e. The Morgan fingerprint density at radius 3 is 2.67 bits per heavy atom. The van der Waals surface area contributed by atoms with Crippen molar-refractivity contribution in [1.82, 2.24) is 4.90 Å². The van der Waals surface area contributed by atoms with E-state index in [0.29, 0.717) is 25.2 Å². The quantitative estimate of drug-likeness (QED) is 0.887. The van der Waals surface area contributed by atoms with Gasteiger partial charge >= 0.3 is 0 Å². The summed E-state index contributed by atoms with van der Waals surface area (Å²) in [7, 11) is 0. The van der Waals surface area contributed by atoms with Crippen LogP contribution >= 0.6 is 15.9 Å². The summed E-state index contributed by atoms with van der Waals surface area (Å²) < 4.78 is 12.4. The molecule has 21 heavy (non-hydrogen) atoms. The van der Waals surface area contributed by atoms with Gasteiger partial charge in [-0.05, 0) is 42.4 Å². The summed E-state index contributed by atoms with van der Waals surface area (Å²) in [6.45, 7) is 4.53. The van der Waals surface area contributed by atoms with Crippen molar-refractivity contribution in [2.24, 2.45) is 17.6 Å². The molecule has 114 valence electrons. The molecule has 1 aliphatic carbocycles. The van der Waals surface area contributed by atoms with Crippen LogP contribution in [-0.4, -0.2) is 37.2 Å². The molecule has 1 aromatic carbocycles. The highest BCUT2D eigenvalue weighted by Gasteiger charge is 2.40. The van der Waals surface area contributed by atoms with E-state index in [2.05, 4.69) is 26.9 Å². The molecule has 3 atom stereocenters. The summed E-state index contributed by atoms with van der Waals surface area (Å²) in [6.07, 6.45) is 2.50. The molecule has 0 amide bonds. The molecule has 5 heteroatoms. The van der Waals surface area contributed by atoms with Crippen LogP contribution in [0.4, 0.5) is 0 Å². The minimum Gasteiger partial charge on any atom is -0.486 e. The molecule has 3 unspecified atom stereocenters. The second-order valence-electron chi connectivity index (χ2n) is 6.45. The van der Waals surface area contributed by atoms with Gasteiger partial charge in [-0.2, -0.15) is 0 Å². The maximum absolute atomic E-state index is 6.22. The number of nitrogens with two attached hydrogens (primary N) is 1. The summed E-state index contributed by atoms with van der Waals surface area (Å²) in [4.78, 5) is 2.53. The van der Waals surface area contributed by atoms with E-state index < -0.39 is 0 Å². The van der Waals surface area contributed by atoms with Gasteiger partial charge in [0.25, 0.3) is 0 Å². The number of hydrogen-bond acceptors (Lipinski definition) is 4. The normalized spacial score (nSPS) is 31.4. The Kier molecular flexibility index (Phi) is 3.59. The zero-order valence-electron chi connectivity index (χ0n) is 12.1. The molecule has 4 rings (SSSR count). The average Bonchev–Trinajstić information content (AvgIpc) is 3.02. The fourth-order valence-electron chi connectivity index (χ4n) is 4.00. The Bertz CT molecular complexity index is 551.